The van der Waals surface area contributed by atoms with E-state index in [1.807, 2.05) is 30.3 Å². The highest BCUT2D eigenvalue weighted by Gasteiger charge is 2.23. The minimum absolute atomic E-state index is 0.00733. The summed E-state index contributed by atoms with van der Waals surface area (Å²) < 4.78 is 15.9. The van der Waals surface area contributed by atoms with Crippen molar-refractivity contribution in [2.24, 2.45) is 5.92 Å². The van der Waals surface area contributed by atoms with Crippen LogP contribution in [0.2, 0.25) is 0 Å². The van der Waals surface area contributed by atoms with Crippen molar-refractivity contribution in [3.05, 3.63) is 108 Å². The molecular formula is C28H29FN2O. The lowest BCUT2D eigenvalue weighted by Gasteiger charge is -2.18. The summed E-state index contributed by atoms with van der Waals surface area (Å²) in [6.45, 7) is 5.55. The summed E-state index contributed by atoms with van der Waals surface area (Å²) in [5.41, 5.74) is 4.37. The largest absolute Gasteiger partial charge is 0.356 e. The number of fused-ring (bicyclic) bond motifs is 1. The number of nitrogens with zero attached hydrogens (tertiary/aromatic N) is 1. The van der Waals surface area contributed by atoms with Crippen LogP contribution in [-0.4, -0.2) is 17.0 Å². The molecule has 1 heterocycles. The first kappa shape index (κ1) is 21.8. The average molecular weight is 429 g/mol. The van der Waals surface area contributed by atoms with Gasteiger partial charge in [-0.15, -0.1) is 0 Å². The third-order valence-electron chi connectivity index (χ3n) is 5.76. The zero-order chi connectivity index (χ0) is 22.5. The number of rotatable bonds is 8. The van der Waals surface area contributed by atoms with Gasteiger partial charge >= 0.3 is 0 Å². The van der Waals surface area contributed by atoms with Crippen LogP contribution in [0.25, 0.3) is 10.9 Å². The van der Waals surface area contributed by atoms with Gasteiger partial charge < -0.3 is 9.88 Å². The van der Waals surface area contributed by atoms with Gasteiger partial charge in [0.25, 0.3) is 0 Å². The first-order valence-corrected chi connectivity index (χ1v) is 11.1. The van der Waals surface area contributed by atoms with Crippen molar-refractivity contribution >= 4 is 16.8 Å². The zero-order valence-corrected chi connectivity index (χ0v) is 18.6. The Labute approximate surface area is 188 Å². The molecule has 4 rings (SSSR count). The number of nitrogens with one attached hydrogen (secondary N) is 1. The zero-order valence-electron chi connectivity index (χ0n) is 18.6. The predicted molar refractivity (Wildman–Crippen MR) is 128 cm³/mol. The molecular weight excluding hydrogens is 399 g/mol. The van der Waals surface area contributed by atoms with E-state index in [1.54, 1.807) is 12.1 Å². The van der Waals surface area contributed by atoms with Gasteiger partial charge in [0, 0.05) is 42.5 Å². The van der Waals surface area contributed by atoms with E-state index >= 15 is 0 Å². The van der Waals surface area contributed by atoms with Gasteiger partial charge in [-0.1, -0.05) is 74.5 Å². The summed E-state index contributed by atoms with van der Waals surface area (Å²) in [6, 6.07) is 25.1. The Morgan fingerprint density at radius 3 is 2.34 bits per heavy atom. The second-order valence-electron chi connectivity index (χ2n) is 8.72. The van der Waals surface area contributed by atoms with Gasteiger partial charge in [0.05, 0.1) is 0 Å². The van der Waals surface area contributed by atoms with Crippen LogP contribution >= 0.6 is 0 Å². The summed E-state index contributed by atoms with van der Waals surface area (Å²) in [5.74, 6) is -0.0446. The second-order valence-corrected chi connectivity index (χ2v) is 8.72. The maximum atomic E-state index is 13.6. The number of hydrogen-bond acceptors (Lipinski definition) is 1. The Bertz CT molecular complexity index is 1180. The Morgan fingerprint density at radius 2 is 1.62 bits per heavy atom. The summed E-state index contributed by atoms with van der Waals surface area (Å²) in [6.07, 6.45) is 2.47. The van der Waals surface area contributed by atoms with Crippen LogP contribution in [0.3, 0.4) is 0 Å². The number of halogens is 1. The van der Waals surface area contributed by atoms with E-state index < -0.39 is 0 Å². The second kappa shape index (κ2) is 9.82. The molecule has 0 aliphatic carbocycles. The molecule has 164 valence electrons. The Hall–Kier alpha value is -3.40. The topological polar surface area (TPSA) is 34.0 Å². The van der Waals surface area contributed by atoms with E-state index in [0.29, 0.717) is 18.9 Å². The first-order chi connectivity index (χ1) is 15.5. The summed E-state index contributed by atoms with van der Waals surface area (Å²) in [7, 11) is 0. The monoisotopic (exact) mass is 428 g/mol. The molecule has 1 amide bonds. The van der Waals surface area contributed by atoms with Gasteiger partial charge in [0.15, 0.2) is 0 Å². The Kier molecular flexibility index (Phi) is 6.69. The molecule has 1 aromatic heterocycles. The van der Waals surface area contributed by atoms with E-state index in [1.165, 1.54) is 17.7 Å². The molecule has 0 aliphatic heterocycles. The van der Waals surface area contributed by atoms with Crippen LogP contribution in [-0.2, 0) is 11.3 Å². The Balaban J connectivity index is 1.75. The summed E-state index contributed by atoms with van der Waals surface area (Å²) >= 11 is 0. The SMILES string of the molecule is CC(C)CNC(=O)CC(c1ccc(F)cc1)c1cn(Cc2ccccc2)c2ccccc12. The van der Waals surface area contributed by atoms with Gasteiger partial charge in [-0.05, 0) is 40.8 Å². The van der Waals surface area contributed by atoms with Crippen molar-refractivity contribution in [3.8, 4) is 0 Å². The fourth-order valence-electron chi connectivity index (χ4n) is 4.14. The normalized spacial score (nSPS) is 12.2. The third kappa shape index (κ3) is 5.08. The lowest BCUT2D eigenvalue weighted by atomic mass is 9.88. The van der Waals surface area contributed by atoms with Crippen LogP contribution in [0.5, 0.6) is 0 Å². The van der Waals surface area contributed by atoms with Gasteiger partial charge in [-0.2, -0.15) is 0 Å². The van der Waals surface area contributed by atoms with Crippen LogP contribution < -0.4 is 5.32 Å². The molecule has 1 unspecified atom stereocenters. The lowest BCUT2D eigenvalue weighted by Crippen LogP contribution is -2.28. The van der Waals surface area contributed by atoms with Crippen molar-refractivity contribution in [2.75, 3.05) is 6.54 Å². The molecule has 3 aromatic carbocycles. The van der Waals surface area contributed by atoms with E-state index in [2.05, 4.69) is 54.2 Å². The molecule has 4 heteroatoms. The highest BCUT2D eigenvalue weighted by Crippen LogP contribution is 2.35. The molecule has 0 radical (unpaired) electrons. The van der Waals surface area contributed by atoms with Gasteiger partial charge in [-0.3, -0.25) is 4.79 Å². The molecule has 0 aliphatic rings. The lowest BCUT2D eigenvalue weighted by molar-refractivity contribution is -0.121. The summed E-state index contributed by atoms with van der Waals surface area (Å²) in [5, 5.41) is 4.16. The van der Waals surface area contributed by atoms with Crippen molar-refractivity contribution in [3.63, 3.8) is 0 Å². The molecule has 0 bridgehead atoms. The summed E-state index contributed by atoms with van der Waals surface area (Å²) in [4.78, 5) is 12.8. The number of para-hydroxylation sites is 1. The first-order valence-electron chi connectivity index (χ1n) is 11.1. The van der Waals surface area contributed by atoms with Crippen molar-refractivity contribution in [1.82, 2.24) is 9.88 Å². The number of aromatic nitrogens is 1. The number of benzene rings is 3. The predicted octanol–water partition coefficient (Wildman–Crippen LogP) is 6.12. The Morgan fingerprint density at radius 1 is 0.938 bits per heavy atom. The van der Waals surface area contributed by atoms with E-state index in [9.17, 15) is 9.18 Å². The highest BCUT2D eigenvalue weighted by atomic mass is 19.1. The molecule has 4 aromatic rings. The van der Waals surface area contributed by atoms with E-state index in [0.717, 1.165) is 28.6 Å². The van der Waals surface area contributed by atoms with Crippen LogP contribution in [0.4, 0.5) is 4.39 Å². The fraction of sp³-hybridized carbons (Fsp3) is 0.250. The fourth-order valence-corrected chi connectivity index (χ4v) is 4.14. The standard InChI is InChI=1S/C28H29FN2O/c1-20(2)17-30-28(32)16-25(22-12-14-23(29)15-13-22)26-19-31(18-21-8-4-3-5-9-21)27-11-7-6-10-24(26)27/h3-15,19-20,25H,16-18H2,1-2H3,(H,30,32). The smallest absolute Gasteiger partial charge is 0.220 e. The van der Waals surface area contributed by atoms with Crippen molar-refractivity contribution in [1.29, 1.82) is 0 Å². The van der Waals surface area contributed by atoms with Gasteiger partial charge in [0.1, 0.15) is 5.82 Å². The third-order valence-corrected chi connectivity index (χ3v) is 5.76. The molecule has 0 fully saturated rings. The number of carbonyl (C=O) groups excluding carboxylic acids is 1. The number of carbonyl (C=O) groups is 1. The van der Waals surface area contributed by atoms with Crippen LogP contribution in [0, 0.1) is 11.7 Å². The van der Waals surface area contributed by atoms with E-state index in [4.69, 9.17) is 0 Å². The number of hydrogen-bond donors (Lipinski definition) is 1. The van der Waals surface area contributed by atoms with E-state index in [-0.39, 0.29) is 17.6 Å². The quantitative estimate of drug-likeness (QED) is 0.360. The maximum Gasteiger partial charge on any atom is 0.220 e. The molecule has 1 N–H and O–H groups in total. The molecule has 0 saturated heterocycles. The van der Waals surface area contributed by atoms with Crippen molar-refractivity contribution in [2.45, 2.75) is 32.7 Å². The average Bonchev–Trinajstić information content (AvgIpc) is 3.16. The van der Waals surface area contributed by atoms with Crippen molar-refractivity contribution < 1.29 is 9.18 Å². The molecule has 32 heavy (non-hydrogen) atoms. The molecule has 0 saturated carbocycles. The minimum Gasteiger partial charge on any atom is -0.356 e. The highest BCUT2D eigenvalue weighted by molar-refractivity contribution is 5.86. The maximum absolute atomic E-state index is 13.6. The van der Waals surface area contributed by atoms with Gasteiger partial charge in [0.2, 0.25) is 5.91 Å². The van der Waals surface area contributed by atoms with Crippen LogP contribution in [0.1, 0.15) is 42.9 Å². The minimum atomic E-state index is -0.275. The van der Waals surface area contributed by atoms with Gasteiger partial charge in [-0.25, -0.2) is 4.39 Å². The van der Waals surface area contributed by atoms with Crippen LogP contribution in [0.15, 0.2) is 85.1 Å². The molecule has 0 spiro atoms. The number of amides is 1. The molecule has 3 nitrogen and oxygen atoms in total. The molecule has 1 atom stereocenters.